The van der Waals surface area contributed by atoms with Gasteiger partial charge < -0.3 is 4.74 Å². The minimum Gasteiger partial charge on any atom is -0.406 e. The highest BCUT2D eigenvalue weighted by atomic mass is 19.4. The topological polar surface area (TPSA) is 52.4 Å². The summed E-state index contributed by atoms with van der Waals surface area (Å²) in [6.45, 7) is 0. The molecule has 0 aromatic heterocycles. The minimum atomic E-state index is -4.74. The molecule has 0 unspecified atom stereocenters. The Morgan fingerprint density at radius 3 is 2.20 bits per heavy atom. The molecular weight excluding hydrogens is 275 g/mol. The number of rotatable bonds is 3. The fraction of sp³-hybridized carbons (Fsp3) is 0.0769. The van der Waals surface area contributed by atoms with Crippen LogP contribution in [0.25, 0.3) is 11.1 Å². The first-order valence-electron chi connectivity index (χ1n) is 5.46. The van der Waals surface area contributed by atoms with E-state index in [1.165, 1.54) is 30.3 Å². The minimum absolute atomic E-state index is 0.0851. The van der Waals surface area contributed by atoms with Gasteiger partial charge in [0.1, 0.15) is 5.75 Å². The highest BCUT2D eigenvalue weighted by Crippen LogP contribution is 2.28. The fourth-order valence-electron chi connectivity index (χ4n) is 1.65. The Labute approximate surface area is 111 Å². The summed E-state index contributed by atoms with van der Waals surface area (Å²) in [5.41, 5.74) is 1.01. The maximum Gasteiger partial charge on any atom is 0.573 e. The van der Waals surface area contributed by atoms with Gasteiger partial charge in [-0.2, -0.15) is 0 Å². The number of hydrogen-bond acceptors (Lipinski definition) is 3. The van der Waals surface area contributed by atoms with Gasteiger partial charge >= 0.3 is 6.36 Å². The molecule has 104 valence electrons. The zero-order chi connectivity index (χ0) is 14.8. The molecule has 0 radical (unpaired) electrons. The number of nitro benzene ring substituents is 1. The van der Waals surface area contributed by atoms with Gasteiger partial charge in [0.25, 0.3) is 5.69 Å². The average Bonchev–Trinajstić information content (AvgIpc) is 2.38. The number of nitro groups is 1. The highest BCUT2D eigenvalue weighted by Gasteiger charge is 2.30. The smallest absolute Gasteiger partial charge is 0.406 e. The van der Waals surface area contributed by atoms with Gasteiger partial charge in [-0.15, -0.1) is 13.2 Å². The van der Waals surface area contributed by atoms with E-state index in [-0.39, 0.29) is 11.4 Å². The molecule has 4 nitrogen and oxygen atoms in total. The molecule has 2 aromatic rings. The van der Waals surface area contributed by atoms with Gasteiger partial charge in [-0.1, -0.05) is 24.3 Å². The van der Waals surface area contributed by atoms with Gasteiger partial charge in [0, 0.05) is 12.1 Å². The van der Waals surface area contributed by atoms with Gasteiger partial charge in [0.05, 0.1) is 4.92 Å². The predicted octanol–water partition coefficient (Wildman–Crippen LogP) is 4.16. The van der Waals surface area contributed by atoms with Crippen molar-refractivity contribution in [3.05, 3.63) is 58.6 Å². The predicted molar refractivity (Wildman–Crippen MR) is 65.2 cm³/mol. The quantitative estimate of drug-likeness (QED) is 0.627. The molecule has 0 fully saturated rings. The lowest BCUT2D eigenvalue weighted by Gasteiger charge is -2.09. The van der Waals surface area contributed by atoms with Crippen molar-refractivity contribution in [3.63, 3.8) is 0 Å². The third kappa shape index (κ3) is 3.47. The molecule has 0 aliphatic heterocycles. The second kappa shape index (κ2) is 5.20. The summed E-state index contributed by atoms with van der Waals surface area (Å²) in [6.07, 6.45) is -4.74. The second-order valence-corrected chi connectivity index (χ2v) is 3.88. The number of alkyl halides is 3. The van der Waals surface area contributed by atoms with E-state index in [2.05, 4.69) is 4.74 Å². The molecule has 20 heavy (non-hydrogen) atoms. The third-order valence-corrected chi connectivity index (χ3v) is 2.48. The number of benzene rings is 2. The van der Waals surface area contributed by atoms with Crippen LogP contribution in [-0.4, -0.2) is 11.3 Å². The lowest BCUT2D eigenvalue weighted by atomic mass is 10.1. The van der Waals surface area contributed by atoms with Crippen molar-refractivity contribution in [3.8, 4) is 16.9 Å². The van der Waals surface area contributed by atoms with Crippen molar-refractivity contribution in [2.45, 2.75) is 6.36 Å². The van der Waals surface area contributed by atoms with E-state index in [9.17, 15) is 23.3 Å². The van der Waals surface area contributed by atoms with Crippen LogP contribution in [0.5, 0.6) is 5.75 Å². The van der Waals surface area contributed by atoms with Crippen LogP contribution >= 0.6 is 0 Å². The molecule has 2 aromatic carbocycles. The van der Waals surface area contributed by atoms with Crippen LogP contribution in [0, 0.1) is 10.1 Å². The van der Waals surface area contributed by atoms with Crippen LogP contribution in [0.3, 0.4) is 0 Å². The van der Waals surface area contributed by atoms with Crippen LogP contribution in [0.1, 0.15) is 0 Å². The fourth-order valence-corrected chi connectivity index (χ4v) is 1.65. The van der Waals surface area contributed by atoms with Gasteiger partial charge in [-0.25, -0.2) is 0 Å². The SMILES string of the molecule is O=[N+]([O-])c1cccc(-c2ccc(OC(F)(F)F)cc2)c1. The first-order valence-corrected chi connectivity index (χ1v) is 5.46. The van der Waals surface area contributed by atoms with Gasteiger partial charge in [0.15, 0.2) is 0 Å². The monoisotopic (exact) mass is 283 g/mol. The Kier molecular flexibility index (Phi) is 3.60. The molecule has 7 heteroatoms. The van der Waals surface area contributed by atoms with Crippen molar-refractivity contribution < 1.29 is 22.8 Å². The summed E-state index contributed by atoms with van der Waals surface area (Å²) in [7, 11) is 0. The average molecular weight is 283 g/mol. The van der Waals surface area contributed by atoms with Crippen LogP contribution in [-0.2, 0) is 0 Å². The molecular formula is C13H8F3NO3. The summed E-state index contributed by atoms with van der Waals surface area (Å²) in [5, 5.41) is 10.7. The van der Waals surface area contributed by atoms with Crippen molar-refractivity contribution in [2.75, 3.05) is 0 Å². The third-order valence-electron chi connectivity index (χ3n) is 2.48. The number of hydrogen-bond donors (Lipinski definition) is 0. The lowest BCUT2D eigenvalue weighted by molar-refractivity contribution is -0.384. The van der Waals surface area contributed by atoms with Gasteiger partial charge in [0.2, 0.25) is 0 Å². The van der Waals surface area contributed by atoms with E-state index < -0.39 is 11.3 Å². The largest absolute Gasteiger partial charge is 0.573 e. The van der Waals surface area contributed by atoms with Gasteiger partial charge in [-0.3, -0.25) is 10.1 Å². The molecule has 0 amide bonds. The number of non-ortho nitro benzene ring substituents is 1. The molecule has 0 aliphatic carbocycles. The van der Waals surface area contributed by atoms with Crippen LogP contribution in [0.15, 0.2) is 48.5 Å². The Morgan fingerprint density at radius 2 is 1.65 bits per heavy atom. The number of nitrogens with zero attached hydrogens (tertiary/aromatic N) is 1. The standard InChI is InChI=1S/C13H8F3NO3/c14-13(15,16)20-12-6-4-9(5-7-12)10-2-1-3-11(8-10)17(18)19/h1-8H. The first kappa shape index (κ1) is 13.9. The van der Waals surface area contributed by atoms with E-state index in [1.54, 1.807) is 6.07 Å². The Balaban J connectivity index is 2.26. The van der Waals surface area contributed by atoms with E-state index in [0.29, 0.717) is 11.1 Å². The van der Waals surface area contributed by atoms with E-state index in [1.807, 2.05) is 0 Å². The highest BCUT2D eigenvalue weighted by molar-refractivity contribution is 5.66. The second-order valence-electron chi connectivity index (χ2n) is 3.88. The summed E-state index contributed by atoms with van der Waals surface area (Å²) < 4.78 is 39.8. The molecule has 0 atom stereocenters. The molecule has 2 rings (SSSR count). The molecule has 0 heterocycles. The van der Waals surface area contributed by atoms with Crippen molar-refractivity contribution in [1.29, 1.82) is 0 Å². The maximum absolute atomic E-state index is 12.0. The molecule has 0 aliphatic rings. The Morgan fingerprint density at radius 1 is 1.00 bits per heavy atom. The maximum atomic E-state index is 12.0. The summed E-state index contributed by atoms with van der Waals surface area (Å²) in [6, 6.07) is 10.9. The normalized spacial score (nSPS) is 11.2. The van der Waals surface area contributed by atoms with Crippen LogP contribution in [0.2, 0.25) is 0 Å². The van der Waals surface area contributed by atoms with E-state index in [0.717, 1.165) is 12.1 Å². The Bertz CT molecular complexity index is 624. The Hall–Kier alpha value is -2.57. The molecule has 0 saturated heterocycles. The van der Waals surface area contributed by atoms with E-state index >= 15 is 0 Å². The molecule has 0 bridgehead atoms. The van der Waals surface area contributed by atoms with Crippen LogP contribution < -0.4 is 4.74 Å². The van der Waals surface area contributed by atoms with E-state index in [4.69, 9.17) is 0 Å². The van der Waals surface area contributed by atoms with Crippen LogP contribution in [0.4, 0.5) is 18.9 Å². The molecule has 0 saturated carbocycles. The number of halogens is 3. The lowest BCUT2D eigenvalue weighted by Crippen LogP contribution is -2.16. The zero-order valence-electron chi connectivity index (χ0n) is 9.92. The zero-order valence-corrected chi connectivity index (χ0v) is 9.92. The van der Waals surface area contributed by atoms with Crippen molar-refractivity contribution in [1.82, 2.24) is 0 Å². The first-order chi connectivity index (χ1) is 9.35. The van der Waals surface area contributed by atoms with Crippen molar-refractivity contribution in [2.24, 2.45) is 0 Å². The number of ether oxygens (including phenoxy) is 1. The summed E-state index contributed by atoms with van der Waals surface area (Å²) >= 11 is 0. The molecule has 0 N–H and O–H groups in total. The molecule has 0 spiro atoms. The summed E-state index contributed by atoms with van der Waals surface area (Å²) in [5.74, 6) is -0.341. The van der Waals surface area contributed by atoms with Gasteiger partial charge in [-0.05, 0) is 23.3 Å². The van der Waals surface area contributed by atoms with Crippen molar-refractivity contribution >= 4 is 5.69 Å². The summed E-state index contributed by atoms with van der Waals surface area (Å²) in [4.78, 5) is 10.1.